The number of sulfonamides is 1. The second kappa shape index (κ2) is 6.08. The molecule has 0 aliphatic rings. The number of nitrogens with zero attached hydrogens (tertiary/aromatic N) is 1. The zero-order chi connectivity index (χ0) is 13.8. The van der Waals surface area contributed by atoms with E-state index in [0.29, 0.717) is 5.56 Å². The number of hydrogen-bond donors (Lipinski definition) is 1. The van der Waals surface area contributed by atoms with Crippen molar-refractivity contribution in [3.05, 3.63) is 42.2 Å². The van der Waals surface area contributed by atoms with Crippen molar-refractivity contribution < 1.29 is 12.8 Å². The highest BCUT2D eigenvalue weighted by molar-refractivity contribution is 7.89. The summed E-state index contributed by atoms with van der Waals surface area (Å²) >= 11 is 0. The molecule has 2 N–H and O–H groups in total. The predicted molar refractivity (Wildman–Crippen MR) is 68.9 cm³/mol. The van der Waals surface area contributed by atoms with E-state index in [1.807, 2.05) is 0 Å². The molecule has 100 valence electrons. The number of halogens is 1. The van der Waals surface area contributed by atoms with Crippen LogP contribution in [-0.2, 0) is 16.6 Å². The molecule has 0 aromatic heterocycles. The first-order chi connectivity index (χ1) is 8.47. The fourth-order valence-corrected chi connectivity index (χ4v) is 3.03. The van der Waals surface area contributed by atoms with Gasteiger partial charge in [-0.05, 0) is 17.7 Å². The van der Waals surface area contributed by atoms with Crippen molar-refractivity contribution in [2.75, 3.05) is 13.1 Å². The molecule has 0 unspecified atom stereocenters. The summed E-state index contributed by atoms with van der Waals surface area (Å²) in [7, 11) is -3.82. The molecule has 0 saturated carbocycles. The van der Waals surface area contributed by atoms with E-state index in [4.69, 9.17) is 5.73 Å². The fourth-order valence-electron chi connectivity index (χ4n) is 1.56. The monoisotopic (exact) mass is 272 g/mol. The van der Waals surface area contributed by atoms with E-state index in [2.05, 4.69) is 6.58 Å². The van der Waals surface area contributed by atoms with Gasteiger partial charge >= 0.3 is 0 Å². The smallest absolute Gasteiger partial charge is 0.246 e. The summed E-state index contributed by atoms with van der Waals surface area (Å²) in [5.41, 5.74) is 5.93. The summed E-state index contributed by atoms with van der Waals surface area (Å²) in [6, 6.07) is 3.91. The molecule has 0 radical (unpaired) electrons. The molecular formula is C12H17FN2O2S. The molecule has 1 aromatic rings. The van der Waals surface area contributed by atoms with Crippen LogP contribution in [0.15, 0.2) is 35.7 Å². The maximum Gasteiger partial charge on any atom is 0.246 e. The minimum atomic E-state index is -3.82. The Morgan fingerprint density at radius 2 is 2.17 bits per heavy atom. The van der Waals surface area contributed by atoms with Gasteiger partial charge in [0.05, 0.1) is 0 Å². The molecule has 0 fully saturated rings. The normalized spacial score (nSPS) is 11.8. The summed E-state index contributed by atoms with van der Waals surface area (Å²) in [5, 5.41) is 0. The molecule has 18 heavy (non-hydrogen) atoms. The van der Waals surface area contributed by atoms with Crippen LogP contribution >= 0.6 is 0 Å². The van der Waals surface area contributed by atoms with E-state index < -0.39 is 15.8 Å². The van der Waals surface area contributed by atoms with Crippen molar-refractivity contribution in [1.82, 2.24) is 4.31 Å². The first kappa shape index (κ1) is 14.8. The summed E-state index contributed by atoms with van der Waals surface area (Å²) < 4.78 is 39.3. The van der Waals surface area contributed by atoms with Gasteiger partial charge in [0.15, 0.2) is 0 Å². The summed E-state index contributed by atoms with van der Waals surface area (Å²) in [5.74, 6) is -0.777. The zero-order valence-corrected chi connectivity index (χ0v) is 11.1. The van der Waals surface area contributed by atoms with Gasteiger partial charge in [0.2, 0.25) is 10.0 Å². The fraction of sp³-hybridized carbons (Fsp3) is 0.333. The van der Waals surface area contributed by atoms with Gasteiger partial charge in [-0.15, -0.1) is 6.58 Å². The van der Waals surface area contributed by atoms with Crippen LogP contribution in [0.25, 0.3) is 0 Å². The van der Waals surface area contributed by atoms with Gasteiger partial charge in [-0.2, -0.15) is 4.31 Å². The van der Waals surface area contributed by atoms with E-state index in [0.717, 1.165) is 10.4 Å². The van der Waals surface area contributed by atoms with E-state index in [9.17, 15) is 12.8 Å². The second-order valence-corrected chi connectivity index (χ2v) is 5.62. The zero-order valence-electron chi connectivity index (χ0n) is 10.3. The molecule has 0 saturated heterocycles. The largest absolute Gasteiger partial charge is 0.326 e. The Morgan fingerprint density at radius 1 is 1.50 bits per heavy atom. The van der Waals surface area contributed by atoms with E-state index >= 15 is 0 Å². The number of likely N-dealkylation sites (N-methyl/N-ethyl adjacent to an activating group) is 1. The number of rotatable bonds is 6. The average molecular weight is 272 g/mol. The van der Waals surface area contributed by atoms with Crippen molar-refractivity contribution in [2.45, 2.75) is 18.4 Å². The molecule has 4 nitrogen and oxygen atoms in total. The van der Waals surface area contributed by atoms with Crippen LogP contribution in [0.4, 0.5) is 4.39 Å². The SMILES string of the molecule is C=CCN(CC)S(=O)(=O)c1ccc(CN)cc1F. The summed E-state index contributed by atoms with van der Waals surface area (Å²) in [6.45, 7) is 5.75. The molecule has 0 spiro atoms. The molecule has 0 atom stereocenters. The Bertz CT molecular complexity index is 529. The van der Waals surface area contributed by atoms with E-state index in [1.54, 1.807) is 6.92 Å². The van der Waals surface area contributed by atoms with E-state index in [-0.39, 0.29) is 24.5 Å². The first-order valence-electron chi connectivity index (χ1n) is 5.56. The minimum absolute atomic E-state index is 0.150. The van der Waals surface area contributed by atoms with Crippen LogP contribution in [0.3, 0.4) is 0 Å². The van der Waals surface area contributed by atoms with Crippen LogP contribution < -0.4 is 5.73 Å². The molecule has 1 aromatic carbocycles. The number of benzene rings is 1. The van der Waals surface area contributed by atoms with Gasteiger partial charge < -0.3 is 5.73 Å². The molecule has 1 rings (SSSR count). The third-order valence-corrected chi connectivity index (χ3v) is 4.51. The van der Waals surface area contributed by atoms with Crippen LogP contribution in [0.1, 0.15) is 12.5 Å². The van der Waals surface area contributed by atoms with Gasteiger partial charge in [0.1, 0.15) is 10.7 Å². The summed E-state index contributed by atoms with van der Waals surface area (Å²) in [4.78, 5) is -0.330. The maximum atomic E-state index is 13.8. The van der Waals surface area contributed by atoms with Gasteiger partial charge in [0.25, 0.3) is 0 Å². The number of hydrogen-bond acceptors (Lipinski definition) is 3. The maximum absolute atomic E-state index is 13.8. The Balaban J connectivity index is 3.23. The molecule has 0 amide bonds. The predicted octanol–water partition coefficient (Wildman–Crippen LogP) is 1.48. The van der Waals surface area contributed by atoms with Crippen molar-refractivity contribution in [2.24, 2.45) is 5.73 Å². The molecule has 0 aliphatic heterocycles. The van der Waals surface area contributed by atoms with E-state index in [1.165, 1.54) is 18.2 Å². The highest BCUT2D eigenvalue weighted by Crippen LogP contribution is 2.20. The summed E-state index contributed by atoms with van der Waals surface area (Å²) in [6.07, 6.45) is 1.47. The molecule has 0 heterocycles. The lowest BCUT2D eigenvalue weighted by Crippen LogP contribution is -2.31. The first-order valence-corrected chi connectivity index (χ1v) is 7.00. The van der Waals surface area contributed by atoms with Crippen LogP contribution in [0.2, 0.25) is 0 Å². The highest BCUT2D eigenvalue weighted by atomic mass is 32.2. The second-order valence-electron chi connectivity index (χ2n) is 3.71. The Kier molecular flexibility index (Phi) is 5.01. The van der Waals surface area contributed by atoms with Crippen molar-refractivity contribution >= 4 is 10.0 Å². The lowest BCUT2D eigenvalue weighted by molar-refractivity contribution is 0.453. The molecule has 6 heteroatoms. The Labute approximate surface area is 107 Å². The Morgan fingerprint density at radius 3 is 2.61 bits per heavy atom. The lowest BCUT2D eigenvalue weighted by atomic mass is 10.2. The molecule has 0 bridgehead atoms. The van der Waals surface area contributed by atoms with Crippen molar-refractivity contribution in [3.8, 4) is 0 Å². The molecular weight excluding hydrogens is 255 g/mol. The van der Waals surface area contributed by atoms with Gasteiger partial charge in [-0.25, -0.2) is 12.8 Å². The third kappa shape index (κ3) is 2.95. The van der Waals surface area contributed by atoms with Crippen molar-refractivity contribution in [3.63, 3.8) is 0 Å². The number of nitrogens with two attached hydrogens (primary N) is 1. The Hall–Kier alpha value is -1.24. The third-order valence-electron chi connectivity index (χ3n) is 2.54. The average Bonchev–Trinajstić information content (AvgIpc) is 2.35. The van der Waals surface area contributed by atoms with Crippen LogP contribution in [0, 0.1) is 5.82 Å². The van der Waals surface area contributed by atoms with Crippen molar-refractivity contribution in [1.29, 1.82) is 0 Å². The topological polar surface area (TPSA) is 63.4 Å². The van der Waals surface area contributed by atoms with Gasteiger partial charge in [-0.3, -0.25) is 0 Å². The van der Waals surface area contributed by atoms with Gasteiger partial charge in [0, 0.05) is 19.6 Å². The standard InChI is InChI=1S/C12H17FN2O2S/c1-3-7-15(4-2)18(16,17)12-6-5-10(9-14)8-11(12)13/h3,5-6,8H,1,4,7,9,14H2,2H3. The minimum Gasteiger partial charge on any atom is -0.326 e. The van der Waals surface area contributed by atoms with Crippen LogP contribution in [0.5, 0.6) is 0 Å². The van der Waals surface area contributed by atoms with Gasteiger partial charge in [-0.1, -0.05) is 19.1 Å². The van der Waals surface area contributed by atoms with Crippen LogP contribution in [-0.4, -0.2) is 25.8 Å². The quantitative estimate of drug-likeness (QED) is 0.798. The lowest BCUT2D eigenvalue weighted by Gasteiger charge is -2.19. The highest BCUT2D eigenvalue weighted by Gasteiger charge is 2.25. The molecule has 0 aliphatic carbocycles.